The van der Waals surface area contributed by atoms with Crippen molar-refractivity contribution < 1.29 is 18.7 Å². The van der Waals surface area contributed by atoms with E-state index in [4.69, 9.17) is 4.74 Å². The van der Waals surface area contributed by atoms with Gasteiger partial charge >= 0.3 is 0 Å². The minimum absolute atomic E-state index is 0.00328. The summed E-state index contributed by atoms with van der Waals surface area (Å²) in [6.07, 6.45) is 2.07. The maximum Gasteiger partial charge on any atom is 0.286 e. The van der Waals surface area contributed by atoms with Crippen LogP contribution in [0.3, 0.4) is 0 Å². The third-order valence-corrected chi connectivity index (χ3v) is 4.57. The number of likely N-dealkylation sites (tertiary alicyclic amines) is 1. The first-order chi connectivity index (χ1) is 12.1. The SMILES string of the molecule is O=C(Nc1ccc(F)cc1)c1nnc(COCC(=O)N2CCCC2)s1. The van der Waals surface area contributed by atoms with Crippen molar-refractivity contribution in [3.8, 4) is 0 Å². The molecule has 25 heavy (non-hydrogen) atoms. The monoisotopic (exact) mass is 364 g/mol. The molecule has 1 saturated heterocycles. The molecule has 0 aliphatic carbocycles. The Bertz CT molecular complexity index is 744. The summed E-state index contributed by atoms with van der Waals surface area (Å²) >= 11 is 1.09. The average molecular weight is 364 g/mol. The van der Waals surface area contributed by atoms with Crippen molar-refractivity contribution in [1.29, 1.82) is 0 Å². The molecule has 1 aromatic carbocycles. The van der Waals surface area contributed by atoms with Gasteiger partial charge in [0.15, 0.2) is 0 Å². The topological polar surface area (TPSA) is 84.4 Å². The van der Waals surface area contributed by atoms with Crippen LogP contribution in [0.5, 0.6) is 0 Å². The third kappa shape index (κ3) is 4.80. The number of carbonyl (C=O) groups is 2. The lowest BCUT2D eigenvalue weighted by atomic mass is 10.3. The zero-order valence-electron chi connectivity index (χ0n) is 13.4. The van der Waals surface area contributed by atoms with Gasteiger partial charge in [-0.15, -0.1) is 10.2 Å². The summed E-state index contributed by atoms with van der Waals surface area (Å²) in [6.45, 7) is 1.70. The molecule has 2 aromatic rings. The van der Waals surface area contributed by atoms with Gasteiger partial charge in [-0.2, -0.15) is 0 Å². The Morgan fingerprint density at radius 2 is 1.92 bits per heavy atom. The normalized spacial score (nSPS) is 13.9. The second-order valence-electron chi connectivity index (χ2n) is 5.54. The van der Waals surface area contributed by atoms with Crippen LogP contribution in [0, 0.1) is 5.82 Å². The van der Waals surface area contributed by atoms with Crippen LogP contribution in [0.4, 0.5) is 10.1 Å². The summed E-state index contributed by atoms with van der Waals surface area (Å²) in [4.78, 5) is 25.7. The molecule has 1 N–H and O–H groups in total. The molecule has 1 aliphatic rings. The van der Waals surface area contributed by atoms with E-state index >= 15 is 0 Å². The summed E-state index contributed by atoms with van der Waals surface area (Å²) in [5, 5.41) is 11.0. The number of hydrogen-bond donors (Lipinski definition) is 1. The van der Waals surface area contributed by atoms with Crippen LogP contribution in [-0.2, 0) is 16.1 Å². The molecule has 3 rings (SSSR count). The number of amides is 2. The predicted molar refractivity (Wildman–Crippen MR) is 89.7 cm³/mol. The lowest BCUT2D eigenvalue weighted by Gasteiger charge is -2.14. The fourth-order valence-corrected chi connectivity index (χ4v) is 3.08. The first kappa shape index (κ1) is 17.4. The number of ether oxygens (including phenoxy) is 1. The van der Waals surface area contributed by atoms with Crippen molar-refractivity contribution in [3.05, 3.63) is 40.1 Å². The van der Waals surface area contributed by atoms with Gasteiger partial charge in [0.2, 0.25) is 10.9 Å². The van der Waals surface area contributed by atoms with E-state index in [1.165, 1.54) is 24.3 Å². The summed E-state index contributed by atoms with van der Waals surface area (Å²) in [5.41, 5.74) is 0.468. The smallest absolute Gasteiger partial charge is 0.286 e. The minimum atomic E-state index is -0.427. The number of nitrogens with one attached hydrogen (secondary N) is 1. The Morgan fingerprint density at radius 3 is 2.64 bits per heavy atom. The van der Waals surface area contributed by atoms with Gasteiger partial charge in [-0.1, -0.05) is 11.3 Å². The Kier molecular flexibility index (Phi) is 5.67. The van der Waals surface area contributed by atoms with E-state index in [0.29, 0.717) is 10.7 Å². The molecule has 1 fully saturated rings. The van der Waals surface area contributed by atoms with Crippen LogP contribution in [0.15, 0.2) is 24.3 Å². The number of rotatable bonds is 6. The first-order valence-corrected chi connectivity index (χ1v) is 8.68. The highest BCUT2D eigenvalue weighted by Gasteiger charge is 2.18. The van der Waals surface area contributed by atoms with Crippen molar-refractivity contribution >= 4 is 28.8 Å². The maximum absolute atomic E-state index is 12.9. The Balaban J connectivity index is 1.47. The largest absolute Gasteiger partial charge is 0.364 e. The summed E-state index contributed by atoms with van der Waals surface area (Å²) < 4.78 is 18.2. The summed E-state index contributed by atoms with van der Waals surface area (Å²) in [6, 6.07) is 5.43. The van der Waals surface area contributed by atoms with Crippen molar-refractivity contribution in [2.24, 2.45) is 0 Å². The van der Waals surface area contributed by atoms with Crippen LogP contribution in [0.2, 0.25) is 0 Å². The first-order valence-electron chi connectivity index (χ1n) is 7.86. The average Bonchev–Trinajstić information content (AvgIpc) is 3.28. The maximum atomic E-state index is 12.9. The Hall–Kier alpha value is -2.39. The highest BCUT2D eigenvalue weighted by atomic mass is 32.1. The van der Waals surface area contributed by atoms with Gasteiger partial charge in [-0.3, -0.25) is 9.59 Å². The lowest BCUT2D eigenvalue weighted by molar-refractivity contribution is -0.135. The van der Waals surface area contributed by atoms with Gasteiger partial charge in [0.1, 0.15) is 24.0 Å². The van der Waals surface area contributed by atoms with Gasteiger partial charge in [-0.25, -0.2) is 4.39 Å². The van der Waals surface area contributed by atoms with E-state index in [0.717, 1.165) is 37.3 Å². The third-order valence-electron chi connectivity index (χ3n) is 3.67. The lowest BCUT2D eigenvalue weighted by Crippen LogP contribution is -2.31. The van der Waals surface area contributed by atoms with E-state index in [2.05, 4.69) is 15.5 Å². The van der Waals surface area contributed by atoms with Crippen LogP contribution in [-0.4, -0.2) is 46.6 Å². The molecule has 9 heteroatoms. The van der Waals surface area contributed by atoms with Gasteiger partial charge in [0, 0.05) is 18.8 Å². The molecule has 1 aliphatic heterocycles. The molecule has 132 valence electrons. The highest BCUT2D eigenvalue weighted by molar-refractivity contribution is 7.13. The molecule has 0 atom stereocenters. The van der Waals surface area contributed by atoms with Gasteiger partial charge in [0.25, 0.3) is 5.91 Å². The molecule has 0 unspecified atom stereocenters. The molecule has 0 bridgehead atoms. The molecule has 7 nitrogen and oxygen atoms in total. The van der Waals surface area contributed by atoms with Crippen LogP contribution in [0.1, 0.15) is 27.7 Å². The van der Waals surface area contributed by atoms with E-state index in [-0.39, 0.29) is 29.9 Å². The molecule has 0 saturated carbocycles. The number of carbonyl (C=O) groups excluding carboxylic acids is 2. The van der Waals surface area contributed by atoms with E-state index in [1.807, 2.05) is 0 Å². The quantitative estimate of drug-likeness (QED) is 0.848. The van der Waals surface area contributed by atoms with Gasteiger partial charge < -0.3 is 15.0 Å². The number of halogens is 1. The highest BCUT2D eigenvalue weighted by Crippen LogP contribution is 2.15. The number of nitrogens with zero attached hydrogens (tertiary/aromatic N) is 3. The minimum Gasteiger partial charge on any atom is -0.364 e. The molecule has 0 spiro atoms. The van der Waals surface area contributed by atoms with E-state index < -0.39 is 5.91 Å². The van der Waals surface area contributed by atoms with Crippen molar-refractivity contribution in [2.75, 3.05) is 25.0 Å². The number of aromatic nitrogens is 2. The molecule has 1 aromatic heterocycles. The van der Waals surface area contributed by atoms with Crippen LogP contribution < -0.4 is 5.32 Å². The molecule has 2 heterocycles. The molecule has 0 radical (unpaired) electrons. The predicted octanol–water partition coefficient (Wildman–Crippen LogP) is 2.07. The van der Waals surface area contributed by atoms with Crippen LogP contribution in [0.25, 0.3) is 0 Å². The Labute approximate surface area is 147 Å². The summed E-state index contributed by atoms with van der Waals surface area (Å²) in [7, 11) is 0. The van der Waals surface area contributed by atoms with Crippen molar-refractivity contribution in [1.82, 2.24) is 15.1 Å². The van der Waals surface area contributed by atoms with Gasteiger partial charge in [-0.05, 0) is 37.1 Å². The van der Waals surface area contributed by atoms with E-state index in [1.54, 1.807) is 4.90 Å². The zero-order chi connectivity index (χ0) is 17.6. The number of anilines is 1. The van der Waals surface area contributed by atoms with E-state index in [9.17, 15) is 14.0 Å². The fourth-order valence-electron chi connectivity index (χ4n) is 2.40. The zero-order valence-corrected chi connectivity index (χ0v) is 14.2. The Morgan fingerprint density at radius 1 is 1.20 bits per heavy atom. The summed E-state index contributed by atoms with van der Waals surface area (Å²) in [5.74, 6) is -0.836. The number of benzene rings is 1. The van der Waals surface area contributed by atoms with Gasteiger partial charge in [0.05, 0.1) is 0 Å². The second-order valence-corrected chi connectivity index (χ2v) is 6.60. The van der Waals surface area contributed by atoms with Crippen molar-refractivity contribution in [2.45, 2.75) is 19.4 Å². The standard InChI is InChI=1S/C16H17FN4O3S/c17-11-3-5-12(6-4-11)18-15(23)16-20-19-13(25-16)9-24-10-14(22)21-7-1-2-8-21/h3-6H,1-2,7-10H2,(H,18,23). The van der Waals surface area contributed by atoms with Crippen molar-refractivity contribution in [3.63, 3.8) is 0 Å². The molecule has 2 amide bonds. The molecular weight excluding hydrogens is 347 g/mol. The fraction of sp³-hybridized carbons (Fsp3) is 0.375. The molecular formula is C16H17FN4O3S. The van der Waals surface area contributed by atoms with Crippen LogP contribution >= 0.6 is 11.3 Å². The second kappa shape index (κ2) is 8.13. The number of hydrogen-bond acceptors (Lipinski definition) is 6.